The SMILES string of the molecule is O=C1CC(=O)C2=C(C1)CC1NCCCC1C2. The molecule has 1 aliphatic heterocycles. The summed E-state index contributed by atoms with van der Waals surface area (Å²) in [7, 11) is 0. The standard InChI is InChI=1S/C13H17NO2/c15-10-4-9-6-12-8(2-1-3-14-12)5-11(9)13(16)7-10/h8,12,14H,1-7H2. The van der Waals surface area contributed by atoms with E-state index in [-0.39, 0.29) is 18.0 Å². The molecule has 0 aromatic carbocycles. The Morgan fingerprint density at radius 1 is 1.12 bits per heavy atom. The summed E-state index contributed by atoms with van der Waals surface area (Å²) in [6.07, 6.45) is 4.98. The number of allylic oxidation sites excluding steroid dienone is 1. The lowest BCUT2D eigenvalue weighted by atomic mass is 9.71. The van der Waals surface area contributed by atoms with Crippen molar-refractivity contribution >= 4 is 11.6 Å². The number of nitrogens with one attached hydrogen (secondary N) is 1. The third-order valence-corrected chi connectivity index (χ3v) is 4.19. The molecule has 2 atom stereocenters. The van der Waals surface area contributed by atoms with Crippen LogP contribution in [0.5, 0.6) is 0 Å². The number of piperidine rings is 1. The Kier molecular flexibility index (Phi) is 2.43. The fourth-order valence-corrected chi connectivity index (χ4v) is 3.37. The lowest BCUT2D eigenvalue weighted by molar-refractivity contribution is -0.126. The second-order valence-corrected chi connectivity index (χ2v) is 5.27. The fourth-order valence-electron chi connectivity index (χ4n) is 3.37. The van der Waals surface area contributed by atoms with Crippen LogP contribution < -0.4 is 5.32 Å². The number of carbonyl (C=O) groups excluding carboxylic acids is 2. The second-order valence-electron chi connectivity index (χ2n) is 5.27. The summed E-state index contributed by atoms with van der Waals surface area (Å²) < 4.78 is 0. The number of carbonyl (C=O) groups is 2. The minimum Gasteiger partial charge on any atom is -0.313 e. The van der Waals surface area contributed by atoms with E-state index in [4.69, 9.17) is 0 Å². The third-order valence-electron chi connectivity index (χ3n) is 4.19. The third kappa shape index (κ3) is 1.63. The van der Waals surface area contributed by atoms with E-state index in [1.54, 1.807) is 0 Å². The highest BCUT2D eigenvalue weighted by molar-refractivity contribution is 6.11. The van der Waals surface area contributed by atoms with Crippen LogP contribution in [-0.4, -0.2) is 24.2 Å². The minimum atomic E-state index is 0.107. The molecule has 2 unspecified atom stereocenters. The Balaban J connectivity index is 1.88. The van der Waals surface area contributed by atoms with Gasteiger partial charge in [0.25, 0.3) is 0 Å². The number of rotatable bonds is 0. The fraction of sp³-hybridized carbons (Fsp3) is 0.692. The van der Waals surface area contributed by atoms with Crippen LogP contribution in [0.3, 0.4) is 0 Å². The predicted molar refractivity (Wildman–Crippen MR) is 60.0 cm³/mol. The highest BCUT2D eigenvalue weighted by Crippen LogP contribution is 2.38. The molecule has 0 aromatic heterocycles. The zero-order chi connectivity index (χ0) is 11.1. The monoisotopic (exact) mass is 219 g/mol. The molecule has 0 amide bonds. The first-order chi connectivity index (χ1) is 7.74. The largest absolute Gasteiger partial charge is 0.313 e. The van der Waals surface area contributed by atoms with Crippen molar-refractivity contribution in [1.29, 1.82) is 0 Å². The molecule has 2 aliphatic carbocycles. The van der Waals surface area contributed by atoms with Crippen LogP contribution in [0.4, 0.5) is 0 Å². The molecule has 3 aliphatic rings. The average molecular weight is 219 g/mol. The molecule has 86 valence electrons. The number of fused-ring (bicyclic) bond motifs is 1. The first-order valence-corrected chi connectivity index (χ1v) is 6.23. The summed E-state index contributed by atoms with van der Waals surface area (Å²) in [5.74, 6) is 0.845. The smallest absolute Gasteiger partial charge is 0.166 e. The van der Waals surface area contributed by atoms with Gasteiger partial charge in [-0.3, -0.25) is 9.59 Å². The molecule has 3 heteroatoms. The highest BCUT2D eigenvalue weighted by atomic mass is 16.1. The summed E-state index contributed by atoms with van der Waals surface area (Å²) in [5.41, 5.74) is 2.14. The van der Waals surface area contributed by atoms with Gasteiger partial charge in [0.2, 0.25) is 0 Å². The Morgan fingerprint density at radius 3 is 2.88 bits per heavy atom. The minimum absolute atomic E-state index is 0.107. The number of Topliss-reactive ketones (excluding diaryl/α,β-unsaturated/α-hetero) is 2. The molecule has 16 heavy (non-hydrogen) atoms. The van der Waals surface area contributed by atoms with Gasteiger partial charge >= 0.3 is 0 Å². The van der Waals surface area contributed by atoms with Crippen LogP contribution in [0.25, 0.3) is 0 Å². The molecule has 3 nitrogen and oxygen atoms in total. The van der Waals surface area contributed by atoms with Crippen molar-refractivity contribution in [2.75, 3.05) is 6.54 Å². The molecular formula is C13H17NO2. The quantitative estimate of drug-likeness (QED) is 0.626. The molecule has 1 heterocycles. The summed E-state index contributed by atoms with van der Waals surface area (Å²) in [6, 6.07) is 0.520. The average Bonchev–Trinajstić information content (AvgIpc) is 2.27. The maximum absolute atomic E-state index is 11.8. The Hall–Kier alpha value is -0.960. The van der Waals surface area contributed by atoms with Gasteiger partial charge in [0.1, 0.15) is 5.78 Å². The molecule has 1 N–H and O–H groups in total. The summed E-state index contributed by atoms with van der Waals surface area (Å²) in [4.78, 5) is 23.2. The summed E-state index contributed by atoms with van der Waals surface area (Å²) in [5, 5.41) is 3.53. The van der Waals surface area contributed by atoms with Crippen molar-refractivity contribution < 1.29 is 9.59 Å². The Bertz CT molecular complexity index is 383. The van der Waals surface area contributed by atoms with E-state index in [2.05, 4.69) is 5.32 Å². The van der Waals surface area contributed by atoms with E-state index in [0.717, 1.165) is 30.5 Å². The van der Waals surface area contributed by atoms with E-state index in [1.807, 2.05) is 0 Å². The van der Waals surface area contributed by atoms with Crippen LogP contribution >= 0.6 is 0 Å². The van der Waals surface area contributed by atoms with Crippen molar-refractivity contribution in [3.8, 4) is 0 Å². The zero-order valence-electron chi connectivity index (χ0n) is 9.42. The van der Waals surface area contributed by atoms with Crippen LogP contribution in [-0.2, 0) is 9.59 Å². The number of hydrogen-bond acceptors (Lipinski definition) is 3. The lowest BCUT2D eigenvalue weighted by Crippen LogP contribution is -2.45. The van der Waals surface area contributed by atoms with Gasteiger partial charge in [-0.1, -0.05) is 5.57 Å². The van der Waals surface area contributed by atoms with E-state index in [9.17, 15) is 9.59 Å². The maximum atomic E-state index is 11.8. The van der Waals surface area contributed by atoms with Crippen molar-refractivity contribution in [2.24, 2.45) is 5.92 Å². The Labute approximate surface area is 95.3 Å². The second kappa shape index (κ2) is 3.81. The van der Waals surface area contributed by atoms with Crippen LogP contribution in [0.1, 0.15) is 38.5 Å². The van der Waals surface area contributed by atoms with Gasteiger partial charge in [0.15, 0.2) is 5.78 Å². The van der Waals surface area contributed by atoms with Gasteiger partial charge in [-0.2, -0.15) is 0 Å². The van der Waals surface area contributed by atoms with Crippen molar-refractivity contribution in [3.05, 3.63) is 11.1 Å². The molecule has 0 aromatic rings. The van der Waals surface area contributed by atoms with Gasteiger partial charge in [-0.25, -0.2) is 0 Å². The van der Waals surface area contributed by atoms with Gasteiger partial charge in [-0.05, 0) is 43.7 Å². The lowest BCUT2D eigenvalue weighted by Gasteiger charge is -2.39. The molecule has 3 rings (SSSR count). The van der Waals surface area contributed by atoms with E-state index in [1.165, 1.54) is 12.8 Å². The molecule has 1 saturated heterocycles. The van der Waals surface area contributed by atoms with Gasteiger partial charge < -0.3 is 5.32 Å². The highest BCUT2D eigenvalue weighted by Gasteiger charge is 2.36. The topological polar surface area (TPSA) is 46.2 Å². The van der Waals surface area contributed by atoms with Crippen molar-refractivity contribution in [2.45, 2.75) is 44.6 Å². The van der Waals surface area contributed by atoms with Gasteiger partial charge in [-0.15, -0.1) is 0 Å². The zero-order valence-corrected chi connectivity index (χ0v) is 9.42. The summed E-state index contributed by atoms with van der Waals surface area (Å²) >= 11 is 0. The summed E-state index contributed by atoms with van der Waals surface area (Å²) in [6.45, 7) is 1.09. The van der Waals surface area contributed by atoms with Gasteiger partial charge in [0, 0.05) is 12.5 Å². The van der Waals surface area contributed by atoms with E-state index >= 15 is 0 Å². The van der Waals surface area contributed by atoms with Crippen molar-refractivity contribution in [1.82, 2.24) is 5.32 Å². The van der Waals surface area contributed by atoms with E-state index < -0.39 is 0 Å². The van der Waals surface area contributed by atoms with E-state index in [0.29, 0.717) is 18.4 Å². The normalized spacial score (nSPS) is 34.8. The number of hydrogen-bond donors (Lipinski definition) is 1. The van der Waals surface area contributed by atoms with Crippen LogP contribution in [0.15, 0.2) is 11.1 Å². The first-order valence-electron chi connectivity index (χ1n) is 6.23. The Morgan fingerprint density at radius 2 is 2.00 bits per heavy atom. The van der Waals surface area contributed by atoms with Crippen LogP contribution in [0.2, 0.25) is 0 Å². The molecule has 0 saturated carbocycles. The van der Waals surface area contributed by atoms with Gasteiger partial charge in [0.05, 0.1) is 6.42 Å². The van der Waals surface area contributed by atoms with Crippen LogP contribution in [0, 0.1) is 5.92 Å². The molecule has 1 fully saturated rings. The van der Waals surface area contributed by atoms with Crippen molar-refractivity contribution in [3.63, 3.8) is 0 Å². The first kappa shape index (κ1) is 10.2. The molecule has 0 radical (unpaired) electrons. The molecule has 0 spiro atoms. The number of ketones is 2. The molecule has 0 bridgehead atoms. The predicted octanol–water partition coefficient (Wildman–Crippen LogP) is 1.38. The molecular weight excluding hydrogens is 202 g/mol. The maximum Gasteiger partial charge on any atom is 0.166 e.